The molecule has 5 nitrogen and oxygen atoms in total. The first-order valence-electron chi connectivity index (χ1n) is 6.25. The maximum atomic E-state index is 12.3. The van der Waals surface area contributed by atoms with E-state index in [1.54, 1.807) is 18.7 Å². The number of halogens is 1. The molecule has 3 rings (SSSR count). The van der Waals surface area contributed by atoms with Crippen LogP contribution < -0.4 is 0 Å². The summed E-state index contributed by atoms with van der Waals surface area (Å²) in [4.78, 5) is 25.8. The topological polar surface area (TPSA) is 55.8 Å². The van der Waals surface area contributed by atoms with E-state index in [1.807, 2.05) is 0 Å². The first-order valence-corrected chi connectivity index (χ1v) is 6.63. The predicted octanol–water partition coefficient (Wildman–Crippen LogP) is 1.04. The molecule has 0 saturated carbocycles. The van der Waals surface area contributed by atoms with Gasteiger partial charge in [-0.3, -0.25) is 9.59 Å². The van der Waals surface area contributed by atoms with Crippen molar-refractivity contribution in [2.75, 3.05) is 6.54 Å². The largest absolute Gasteiger partial charge is 0.341 e. The van der Waals surface area contributed by atoms with Gasteiger partial charge in [0.2, 0.25) is 5.24 Å². The standard InChI is InChI=1S/C12H16ClNO4/c1-11(2)17-7-8(18-11)12(10(13)16)5-3-4-6-14(12)9(7)15/h7-8H,3-6H2,1-2H3/t7-,8+,12+/m0/s1. The number of ether oxygens (including phenoxy) is 2. The van der Waals surface area contributed by atoms with Crippen LogP contribution in [0.25, 0.3) is 0 Å². The molecular formula is C12H16ClNO4. The summed E-state index contributed by atoms with van der Waals surface area (Å²) in [6.07, 6.45) is 1.04. The highest BCUT2D eigenvalue weighted by Gasteiger charge is 2.68. The van der Waals surface area contributed by atoms with Crippen molar-refractivity contribution in [1.29, 1.82) is 0 Å². The number of hydrogen-bond acceptors (Lipinski definition) is 4. The summed E-state index contributed by atoms with van der Waals surface area (Å²) < 4.78 is 11.4. The zero-order valence-electron chi connectivity index (χ0n) is 10.4. The number of rotatable bonds is 1. The van der Waals surface area contributed by atoms with E-state index in [2.05, 4.69) is 0 Å². The number of hydrogen-bond donors (Lipinski definition) is 0. The zero-order chi connectivity index (χ0) is 13.1. The van der Waals surface area contributed by atoms with Crippen molar-refractivity contribution < 1.29 is 19.1 Å². The SMILES string of the molecule is CC1(C)O[C@@H]2C(=O)N3CCCC[C@]3(C(=O)Cl)[C@@H]2O1. The van der Waals surface area contributed by atoms with E-state index in [0.717, 1.165) is 12.8 Å². The molecular weight excluding hydrogens is 258 g/mol. The minimum atomic E-state index is -1.02. The van der Waals surface area contributed by atoms with Crippen molar-refractivity contribution in [2.45, 2.75) is 56.6 Å². The minimum Gasteiger partial charge on any atom is -0.341 e. The van der Waals surface area contributed by atoms with Gasteiger partial charge in [0.25, 0.3) is 5.91 Å². The van der Waals surface area contributed by atoms with Crippen LogP contribution in [0.2, 0.25) is 0 Å². The Bertz CT molecular complexity index is 424. The highest BCUT2D eigenvalue weighted by molar-refractivity contribution is 6.66. The van der Waals surface area contributed by atoms with Crippen molar-refractivity contribution >= 4 is 22.8 Å². The molecule has 18 heavy (non-hydrogen) atoms. The molecule has 0 aliphatic carbocycles. The van der Waals surface area contributed by atoms with Crippen LogP contribution in [0.5, 0.6) is 0 Å². The van der Waals surface area contributed by atoms with Crippen molar-refractivity contribution in [3.05, 3.63) is 0 Å². The van der Waals surface area contributed by atoms with Crippen LogP contribution in [0.15, 0.2) is 0 Å². The number of fused-ring (bicyclic) bond motifs is 3. The first-order chi connectivity index (χ1) is 8.38. The molecule has 0 N–H and O–H groups in total. The second-order valence-corrected chi connectivity index (χ2v) is 5.96. The molecule has 3 heterocycles. The average Bonchev–Trinajstić information content (AvgIpc) is 2.73. The number of nitrogens with zero attached hydrogens (tertiary/aromatic N) is 1. The fourth-order valence-electron chi connectivity index (χ4n) is 3.36. The Kier molecular flexibility index (Phi) is 2.53. The third kappa shape index (κ3) is 1.41. The van der Waals surface area contributed by atoms with Gasteiger partial charge >= 0.3 is 0 Å². The molecule has 3 saturated heterocycles. The smallest absolute Gasteiger partial charge is 0.255 e. The summed E-state index contributed by atoms with van der Waals surface area (Å²) in [7, 11) is 0. The molecule has 3 aliphatic heterocycles. The molecule has 0 aromatic carbocycles. The van der Waals surface area contributed by atoms with E-state index in [0.29, 0.717) is 13.0 Å². The summed E-state index contributed by atoms with van der Waals surface area (Å²) in [6, 6.07) is 0. The number of piperidine rings is 1. The fraction of sp³-hybridized carbons (Fsp3) is 0.833. The van der Waals surface area contributed by atoms with Crippen LogP contribution in [0.3, 0.4) is 0 Å². The monoisotopic (exact) mass is 273 g/mol. The van der Waals surface area contributed by atoms with Gasteiger partial charge in [0, 0.05) is 6.54 Å². The summed E-state index contributed by atoms with van der Waals surface area (Å²) >= 11 is 5.81. The third-order valence-corrected chi connectivity index (χ3v) is 4.42. The highest BCUT2D eigenvalue weighted by Crippen LogP contribution is 2.48. The quantitative estimate of drug-likeness (QED) is 0.670. The van der Waals surface area contributed by atoms with Gasteiger partial charge in [-0.25, -0.2) is 0 Å². The maximum absolute atomic E-state index is 12.3. The second-order valence-electron chi connectivity index (χ2n) is 5.62. The number of carbonyl (C=O) groups excluding carboxylic acids is 2. The van der Waals surface area contributed by atoms with E-state index in [1.165, 1.54) is 0 Å². The Balaban J connectivity index is 2.05. The molecule has 0 spiro atoms. The van der Waals surface area contributed by atoms with E-state index < -0.39 is 28.8 Å². The molecule has 3 aliphatic rings. The van der Waals surface area contributed by atoms with E-state index >= 15 is 0 Å². The molecule has 0 aromatic heterocycles. The van der Waals surface area contributed by atoms with E-state index in [9.17, 15) is 9.59 Å². The lowest BCUT2D eigenvalue weighted by molar-refractivity contribution is -0.184. The molecule has 3 fully saturated rings. The first kappa shape index (κ1) is 12.4. The average molecular weight is 274 g/mol. The van der Waals surface area contributed by atoms with Crippen LogP contribution in [0.1, 0.15) is 33.1 Å². The van der Waals surface area contributed by atoms with Crippen molar-refractivity contribution in [3.8, 4) is 0 Å². The Morgan fingerprint density at radius 2 is 2.11 bits per heavy atom. The van der Waals surface area contributed by atoms with Crippen LogP contribution in [-0.2, 0) is 19.1 Å². The molecule has 0 bridgehead atoms. The van der Waals surface area contributed by atoms with Crippen LogP contribution >= 0.6 is 11.6 Å². The lowest BCUT2D eigenvalue weighted by Gasteiger charge is -2.42. The summed E-state index contributed by atoms with van der Waals surface area (Å²) in [6.45, 7) is 4.05. The Labute approximate surface area is 110 Å². The zero-order valence-corrected chi connectivity index (χ0v) is 11.2. The lowest BCUT2D eigenvalue weighted by Crippen LogP contribution is -2.59. The molecule has 0 radical (unpaired) electrons. The van der Waals surface area contributed by atoms with Gasteiger partial charge in [0.05, 0.1) is 0 Å². The fourth-order valence-corrected chi connectivity index (χ4v) is 3.67. The summed E-state index contributed by atoms with van der Waals surface area (Å²) in [5, 5.41) is -0.510. The molecule has 0 unspecified atom stereocenters. The summed E-state index contributed by atoms with van der Waals surface area (Å²) in [5.74, 6) is -1.01. The van der Waals surface area contributed by atoms with Gasteiger partial charge in [-0.2, -0.15) is 0 Å². The maximum Gasteiger partial charge on any atom is 0.255 e. The Morgan fingerprint density at radius 3 is 2.78 bits per heavy atom. The van der Waals surface area contributed by atoms with Gasteiger partial charge in [-0.15, -0.1) is 0 Å². The van der Waals surface area contributed by atoms with Crippen molar-refractivity contribution in [2.24, 2.45) is 0 Å². The lowest BCUT2D eigenvalue weighted by atomic mass is 9.85. The van der Waals surface area contributed by atoms with Gasteiger partial charge in [0.15, 0.2) is 11.9 Å². The van der Waals surface area contributed by atoms with Gasteiger partial charge < -0.3 is 14.4 Å². The van der Waals surface area contributed by atoms with Crippen molar-refractivity contribution in [3.63, 3.8) is 0 Å². The van der Waals surface area contributed by atoms with Crippen molar-refractivity contribution in [1.82, 2.24) is 4.90 Å². The molecule has 1 amide bonds. The number of amides is 1. The molecule has 6 heteroatoms. The van der Waals surface area contributed by atoms with Gasteiger partial charge in [-0.1, -0.05) is 0 Å². The Hall–Kier alpha value is -0.650. The molecule has 3 atom stereocenters. The molecule has 0 aromatic rings. The predicted molar refractivity (Wildman–Crippen MR) is 63.0 cm³/mol. The summed E-state index contributed by atoms with van der Waals surface area (Å²) in [5.41, 5.74) is -1.02. The van der Waals surface area contributed by atoms with E-state index in [4.69, 9.17) is 21.1 Å². The van der Waals surface area contributed by atoms with E-state index in [-0.39, 0.29) is 5.91 Å². The number of carbonyl (C=O) groups is 2. The minimum absolute atomic E-state index is 0.167. The normalized spacial score (nSPS) is 41.7. The Morgan fingerprint density at radius 1 is 1.39 bits per heavy atom. The van der Waals surface area contributed by atoms with Crippen LogP contribution in [0, 0.1) is 0 Å². The van der Waals surface area contributed by atoms with Crippen LogP contribution in [0.4, 0.5) is 0 Å². The second kappa shape index (κ2) is 3.68. The highest BCUT2D eigenvalue weighted by atomic mass is 35.5. The third-order valence-electron chi connectivity index (χ3n) is 4.09. The van der Waals surface area contributed by atoms with Gasteiger partial charge in [-0.05, 0) is 44.7 Å². The van der Waals surface area contributed by atoms with Crippen LogP contribution in [-0.4, -0.2) is 46.1 Å². The molecule has 100 valence electrons. The van der Waals surface area contributed by atoms with Gasteiger partial charge in [0.1, 0.15) is 11.6 Å².